The van der Waals surface area contributed by atoms with Crippen LogP contribution in [-0.2, 0) is 4.74 Å². The Labute approximate surface area is 179 Å². The molecule has 176 valence electrons. The number of halogens is 3. The van der Waals surface area contributed by atoms with Crippen molar-refractivity contribution in [3.8, 4) is 0 Å². The highest BCUT2D eigenvalue weighted by atomic mass is 19.4. The fraction of sp³-hybridized carbons (Fsp3) is 1.00. The zero-order valence-corrected chi connectivity index (χ0v) is 19.2. The van der Waals surface area contributed by atoms with Gasteiger partial charge in [0.1, 0.15) is 6.79 Å². The maximum Gasteiger partial charge on any atom is 0.416 e. The van der Waals surface area contributed by atoms with Crippen LogP contribution in [0.3, 0.4) is 0 Å². The number of rotatable bonds is 5. The number of fused-ring (bicyclic) bond motifs is 4. The number of aliphatic hydroxyl groups excluding tert-OH is 1. The Hall–Kier alpha value is -0.330. The van der Waals surface area contributed by atoms with Crippen molar-refractivity contribution >= 4 is 0 Å². The highest BCUT2D eigenvalue weighted by Crippen LogP contribution is 2.57. The first kappa shape index (κ1) is 24.3. The molecule has 0 aromatic rings. The van der Waals surface area contributed by atoms with Crippen molar-refractivity contribution in [3.63, 3.8) is 0 Å². The van der Waals surface area contributed by atoms with Crippen molar-refractivity contribution in [2.24, 2.45) is 59.2 Å². The largest absolute Gasteiger partial charge is 0.416 e. The summed E-state index contributed by atoms with van der Waals surface area (Å²) in [6.07, 6.45) is 0.0136. The van der Waals surface area contributed by atoms with Crippen molar-refractivity contribution in [3.05, 3.63) is 0 Å². The highest BCUT2D eigenvalue weighted by Gasteiger charge is 2.55. The highest BCUT2D eigenvalue weighted by molar-refractivity contribution is 5.00. The number of hydrogen-bond acceptors (Lipinski definition) is 3. The van der Waals surface area contributed by atoms with E-state index in [9.17, 15) is 18.3 Å². The van der Waals surface area contributed by atoms with E-state index in [2.05, 4.69) is 27.7 Å². The van der Waals surface area contributed by atoms with Crippen LogP contribution in [0, 0.1) is 59.2 Å². The minimum Gasteiger partial charge on any atom is -0.381 e. The molecule has 4 aliphatic rings. The van der Waals surface area contributed by atoms with Gasteiger partial charge in [-0.1, -0.05) is 27.7 Å². The van der Waals surface area contributed by atoms with E-state index < -0.39 is 11.8 Å². The Morgan fingerprint density at radius 2 is 1.27 bits per heavy atom. The fourth-order valence-corrected chi connectivity index (χ4v) is 7.45. The van der Waals surface area contributed by atoms with E-state index in [4.69, 9.17) is 9.84 Å². The van der Waals surface area contributed by atoms with Gasteiger partial charge in [0.2, 0.25) is 0 Å². The average molecular weight is 435 g/mol. The number of ether oxygens (including phenoxy) is 1. The van der Waals surface area contributed by atoms with Gasteiger partial charge in [-0.2, -0.15) is 13.2 Å². The van der Waals surface area contributed by atoms with Crippen LogP contribution >= 0.6 is 0 Å². The second-order valence-corrected chi connectivity index (χ2v) is 11.2. The van der Waals surface area contributed by atoms with Gasteiger partial charge in [-0.25, -0.2) is 0 Å². The first-order chi connectivity index (χ1) is 13.9. The molecule has 0 saturated heterocycles. The molecule has 2 N–H and O–H groups in total. The van der Waals surface area contributed by atoms with Crippen molar-refractivity contribution < 1.29 is 28.1 Å². The van der Waals surface area contributed by atoms with Gasteiger partial charge in [0.05, 0.1) is 6.61 Å². The van der Waals surface area contributed by atoms with Crippen LogP contribution in [0.4, 0.5) is 13.2 Å². The summed E-state index contributed by atoms with van der Waals surface area (Å²) in [7, 11) is 0. The Morgan fingerprint density at radius 3 is 1.67 bits per heavy atom. The third-order valence-electron chi connectivity index (χ3n) is 9.76. The second kappa shape index (κ2) is 8.90. The SMILES string of the molecule is CC1C2CC(CC(C)(O)C(F)(F)F)C(C2)C1C.CC1C2CC(COCO)C(C2)C1C. The van der Waals surface area contributed by atoms with Gasteiger partial charge >= 0.3 is 6.18 Å². The predicted molar refractivity (Wildman–Crippen MR) is 110 cm³/mol. The molecule has 4 aliphatic carbocycles. The van der Waals surface area contributed by atoms with Gasteiger partial charge in [0.25, 0.3) is 0 Å². The van der Waals surface area contributed by atoms with Gasteiger partial charge in [0.15, 0.2) is 5.60 Å². The lowest BCUT2D eigenvalue weighted by Crippen LogP contribution is -2.45. The molecule has 6 heteroatoms. The molecule has 0 radical (unpaired) electrons. The minimum absolute atomic E-state index is 0.0443. The van der Waals surface area contributed by atoms with Crippen LogP contribution in [-0.4, -0.2) is 35.4 Å². The molecule has 3 nitrogen and oxygen atoms in total. The molecule has 4 saturated carbocycles. The van der Waals surface area contributed by atoms with E-state index >= 15 is 0 Å². The monoisotopic (exact) mass is 434 g/mol. The third kappa shape index (κ3) is 4.56. The molecule has 0 spiro atoms. The molecular weight excluding hydrogens is 393 g/mol. The molecule has 0 aromatic carbocycles. The first-order valence-corrected chi connectivity index (χ1v) is 11.8. The summed E-state index contributed by atoms with van der Waals surface area (Å²) in [6.45, 7) is 10.7. The maximum atomic E-state index is 12.7. The second-order valence-electron chi connectivity index (χ2n) is 11.2. The van der Waals surface area contributed by atoms with Crippen LogP contribution in [0.5, 0.6) is 0 Å². The topological polar surface area (TPSA) is 49.7 Å². The van der Waals surface area contributed by atoms with E-state index in [-0.39, 0.29) is 19.1 Å². The summed E-state index contributed by atoms with van der Waals surface area (Å²) in [4.78, 5) is 0. The number of alkyl halides is 3. The average Bonchev–Trinajstić information content (AvgIpc) is 3.38. The zero-order chi connectivity index (χ0) is 22.4. The van der Waals surface area contributed by atoms with Gasteiger partial charge in [-0.05, 0) is 98.2 Å². The summed E-state index contributed by atoms with van der Waals surface area (Å²) in [6, 6.07) is 0. The quantitative estimate of drug-likeness (QED) is 0.562. The van der Waals surface area contributed by atoms with Crippen LogP contribution in [0.1, 0.15) is 66.7 Å². The van der Waals surface area contributed by atoms with Gasteiger partial charge in [-0.15, -0.1) is 0 Å². The molecule has 0 heterocycles. The van der Waals surface area contributed by atoms with E-state index in [0.29, 0.717) is 23.7 Å². The van der Waals surface area contributed by atoms with Crippen molar-refractivity contribution in [2.45, 2.75) is 78.5 Å². The fourth-order valence-electron chi connectivity index (χ4n) is 7.45. The third-order valence-corrected chi connectivity index (χ3v) is 9.76. The number of aliphatic hydroxyl groups is 2. The standard InChI is InChI=1S/C13H21F3O.C11H20O2/c1-7-8(2)11-5-9(7)4-10(11)6-12(3,17)13(14,15)16;1-7-8(2)11-4-9(7)3-10(11)5-13-6-12/h7-11,17H,4-6H2,1-3H3;7-12H,3-6H2,1-2H3. The number of hydrogen-bond donors (Lipinski definition) is 2. The van der Waals surface area contributed by atoms with E-state index in [1.165, 1.54) is 12.8 Å². The summed E-state index contributed by atoms with van der Waals surface area (Å²) in [5.41, 5.74) is -2.52. The van der Waals surface area contributed by atoms with Gasteiger partial charge in [-0.3, -0.25) is 0 Å². The first-order valence-electron chi connectivity index (χ1n) is 11.8. The van der Waals surface area contributed by atoms with E-state index in [1.807, 2.05) is 0 Å². The summed E-state index contributed by atoms with van der Waals surface area (Å²) in [5.74, 6) is 6.44. The zero-order valence-electron chi connectivity index (χ0n) is 19.2. The lowest BCUT2D eigenvalue weighted by molar-refractivity contribution is -0.260. The van der Waals surface area contributed by atoms with Crippen molar-refractivity contribution in [1.29, 1.82) is 0 Å². The molecule has 0 aromatic heterocycles. The van der Waals surface area contributed by atoms with Crippen molar-refractivity contribution in [2.75, 3.05) is 13.4 Å². The molecule has 4 bridgehead atoms. The van der Waals surface area contributed by atoms with Crippen LogP contribution in [0.25, 0.3) is 0 Å². The molecule has 0 amide bonds. The molecule has 11 atom stereocenters. The Morgan fingerprint density at radius 1 is 0.800 bits per heavy atom. The van der Waals surface area contributed by atoms with Gasteiger partial charge in [0, 0.05) is 0 Å². The lowest BCUT2D eigenvalue weighted by Gasteiger charge is -2.36. The Balaban J connectivity index is 0.000000177. The summed E-state index contributed by atoms with van der Waals surface area (Å²) < 4.78 is 43.1. The molecule has 4 rings (SSSR count). The smallest absolute Gasteiger partial charge is 0.381 e. The molecule has 0 aliphatic heterocycles. The van der Waals surface area contributed by atoms with E-state index in [1.54, 1.807) is 0 Å². The summed E-state index contributed by atoms with van der Waals surface area (Å²) >= 11 is 0. The molecule has 11 unspecified atom stereocenters. The van der Waals surface area contributed by atoms with Crippen molar-refractivity contribution in [1.82, 2.24) is 0 Å². The van der Waals surface area contributed by atoms with Gasteiger partial charge < -0.3 is 14.9 Å². The molecule has 30 heavy (non-hydrogen) atoms. The Kier molecular flexibility index (Phi) is 7.21. The predicted octanol–water partition coefficient (Wildman–Crippen LogP) is 5.50. The van der Waals surface area contributed by atoms with Crippen LogP contribution < -0.4 is 0 Å². The minimum atomic E-state index is -4.51. The van der Waals surface area contributed by atoms with E-state index in [0.717, 1.165) is 56.0 Å². The Bertz CT molecular complexity index is 575. The van der Waals surface area contributed by atoms with Crippen LogP contribution in [0.15, 0.2) is 0 Å². The lowest BCUT2D eigenvalue weighted by atomic mass is 9.72. The summed E-state index contributed by atoms with van der Waals surface area (Å²) in [5, 5.41) is 18.2. The molecule has 4 fully saturated rings. The molecular formula is C24H41F3O3. The van der Waals surface area contributed by atoms with Crippen LogP contribution in [0.2, 0.25) is 0 Å². The normalized spacial score (nSPS) is 46.6. The maximum absolute atomic E-state index is 12.7.